The van der Waals surface area contributed by atoms with Crippen molar-refractivity contribution in [1.82, 2.24) is 15.1 Å². The molecule has 16 heavy (non-hydrogen) atoms. The molecule has 0 saturated carbocycles. The highest BCUT2D eigenvalue weighted by Crippen LogP contribution is 2.26. The number of carbonyl (C=O) groups excluding carboxylic acids is 1. The van der Waals surface area contributed by atoms with Gasteiger partial charge in [0.15, 0.2) is 0 Å². The van der Waals surface area contributed by atoms with Crippen LogP contribution >= 0.6 is 0 Å². The maximum atomic E-state index is 12.1. The number of aryl methyl sites for hydroxylation is 2. The van der Waals surface area contributed by atoms with Crippen LogP contribution in [0.5, 0.6) is 0 Å². The number of aromatic nitrogens is 2. The van der Waals surface area contributed by atoms with Crippen molar-refractivity contribution in [2.24, 2.45) is 12.5 Å². The zero-order valence-corrected chi connectivity index (χ0v) is 10.0. The van der Waals surface area contributed by atoms with Gasteiger partial charge in [0.2, 0.25) is 5.91 Å². The first kappa shape index (κ1) is 11.1. The third kappa shape index (κ3) is 1.95. The molecule has 1 fully saturated rings. The van der Waals surface area contributed by atoms with E-state index in [4.69, 9.17) is 0 Å². The topological polar surface area (TPSA) is 59.0 Å². The molecule has 1 aromatic heterocycles. The predicted molar refractivity (Wildman–Crippen MR) is 62.2 cm³/mol. The summed E-state index contributed by atoms with van der Waals surface area (Å²) in [4.78, 5) is 12.1. The number of nitrogens with zero attached hydrogens (tertiary/aromatic N) is 2. The molecule has 1 aromatic rings. The van der Waals surface area contributed by atoms with E-state index in [-0.39, 0.29) is 11.3 Å². The molecular formula is C11H18N4O. The van der Waals surface area contributed by atoms with E-state index in [0.29, 0.717) is 0 Å². The van der Waals surface area contributed by atoms with Gasteiger partial charge in [-0.05, 0) is 26.8 Å². The van der Waals surface area contributed by atoms with Gasteiger partial charge in [0.1, 0.15) is 5.82 Å². The van der Waals surface area contributed by atoms with Crippen LogP contribution in [-0.2, 0) is 11.8 Å². The summed E-state index contributed by atoms with van der Waals surface area (Å²) in [6.07, 6.45) is 0.885. The van der Waals surface area contributed by atoms with Gasteiger partial charge in [-0.2, -0.15) is 5.10 Å². The van der Waals surface area contributed by atoms with Crippen LogP contribution in [0.2, 0.25) is 0 Å². The molecule has 1 amide bonds. The Morgan fingerprint density at radius 3 is 2.94 bits per heavy atom. The van der Waals surface area contributed by atoms with Gasteiger partial charge < -0.3 is 10.6 Å². The molecule has 88 valence electrons. The van der Waals surface area contributed by atoms with E-state index in [1.54, 1.807) is 4.68 Å². The van der Waals surface area contributed by atoms with E-state index >= 15 is 0 Å². The van der Waals surface area contributed by atoms with Crippen LogP contribution < -0.4 is 10.6 Å². The molecule has 1 saturated heterocycles. The predicted octanol–water partition coefficient (Wildman–Crippen LogP) is 0.667. The van der Waals surface area contributed by atoms with E-state index in [2.05, 4.69) is 15.7 Å². The summed E-state index contributed by atoms with van der Waals surface area (Å²) >= 11 is 0. The maximum Gasteiger partial charge on any atom is 0.232 e. The molecule has 0 radical (unpaired) electrons. The number of hydrogen-bond donors (Lipinski definition) is 2. The molecule has 5 heteroatoms. The van der Waals surface area contributed by atoms with Crippen molar-refractivity contribution in [3.05, 3.63) is 11.8 Å². The monoisotopic (exact) mass is 222 g/mol. The average Bonchev–Trinajstić information content (AvgIpc) is 2.75. The van der Waals surface area contributed by atoms with Crippen molar-refractivity contribution < 1.29 is 4.79 Å². The van der Waals surface area contributed by atoms with Gasteiger partial charge >= 0.3 is 0 Å². The SMILES string of the molecule is Cc1cc(NC(=O)C2(C)CCNC2)n(C)n1. The number of hydrogen-bond acceptors (Lipinski definition) is 3. The minimum Gasteiger partial charge on any atom is -0.316 e. The van der Waals surface area contributed by atoms with Gasteiger partial charge in [-0.3, -0.25) is 9.48 Å². The Balaban J connectivity index is 2.10. The highest BCUT2D eigenvalue weighted by Gasteiger charge is 2.36. The van der Waals surface area contributed by atoms with Gasteiger partial charge in [0.05, 0.1) is 11.1 Å². The summed E-state index contributed by atoms with van der Waals surface area (Å²) in [5.41, 5.74) is 0.616. The van der Waals surface area contributed by atoms with Gasteiger partial charge in [0.25, 0.3) is 0 Å². The molecule has 2 heterocycles. The van der Waals surface area contributed by atoms with Crippen molar-refractivity contribution in [3.63, 3.8) is 0 Å². The third-order valence-electron chi connectivity index (χ3n) is 3.16. The molecule has 1 unspecified atom stereocenters. The lowest BCUT2D eigenvalue weighted by Gasteiger charge is -2.21. The fourth-order valence-electron chi connectivity index (χ4n) is 2.01. The maximum absolute atomic E-state index is 12.1. The van der Waals surface area contributed by atoms with Crippen molar-refractivity contribution in [1.29, 1.82) is 0 Å². The first-order chi connectivity index (χ1) is 7.51. The van der Waals surface area contributed by atoms with Crippen LogP contribution in [0.4, 0.5) is 5.82 Å². The van der Waals surface area contributed by atoms with E-state index in [0.717, 1.165) is 31.0 Å². The van der Waals surface area contributed by atoms with E-state index in [9.17, 15) is 4.79 Å². The Morgan fingerprint density at radius 1 is 1.69 bits per heavy atom. The molecule has 5 nitrogen and oxygen atoms in total. The number of rotatable bonds is 2. The summed E-state index contributed by atoms with van der Waals surface area (Å²) in [6, 6.07) is 1.88. The van der Waals surface area contributed by atoms with E-state index in [1.165, 1.54) is 0 Å². The summed E-state index contributed by atoms with van der Waals surface area (Å²) in [5, 5.41) is 10.4. The minimum atomic E-state index is -0.293. The van der Waals surface area contributed by atoms with Gasteiger partial charge in [-0.25, -0.2) is 0 Å². The lowest BCUT2D eigenvalue weighted by molar-refractivity contribution is -0.123. The summed E-state index contributed by atoms with van der Waals surface area (Å²) in [6.45, 7) is 5.56. The third-order valence-corrected chi connectivity index (χ3v) is 3.16. The zero-order valence-electron chi connectivity index (χ0n) is 10.0. The molecular weight excluding hydrogens is 204 g/mol. The second-order valence-corrected chi connectivity index (χ2v) is 4.74. The minimum absolute atomic E-state index is 0.0699. The Morgan fingerprint density at radius 2 is 2.44 bits per heavy atom. The number of carbonyl (C=O) groups is 1. The Bertz CT molecular complexity index is 404. The number of nitrogens with one attached hydrogen (secondary N) is 2. The van der Waals surface area contributed by atoms with Crippen molar-refractivity contribution in [3.8, 4) is 0 Å². The second kappa shape index (κ2) is 3.90. The summed E-state index contributed by atoms with van der Waals surface area (Å²) < 4.78 is 1.69. The molecule has 0 aromatic carbocycles. The van der Waals surface area contributed by atoms with Gasteiger partial charge in [-0.1, -0.05) is 0 Å². The van der Waals surface area contributed by atoms with Crippen LogP contribution in [0.1, 0.15) is 19.0 Å². The molecule has 0 aliphatic carbocycles. The standard InChI is InChI=1S/C11H18N4O/c1-8-6-9(15(3)14-8)13-10(16)11(2)4-5-12-7-11/h6,12H,4-5,7H2,1-3H3,(H,13,16). The van der Waals surface area contributed by atoms with Crippen LogP contribution in [0.3, 0.4) is 0 Å². The van der Waals surface area contributed by atoms with Crippen molar-refractivity contribution >= 4 is 11.7 Å². The van der Waals surface area contributed by atoms with Gasteiger partial charge in [0, 0.05) is 19.7 Å². The normalized spacial score (nSPS) is 24.7. The lowest BCUT2D eigenvalue weighted by Crippen LogP contribution is -2.35. The van der Waals surface area contributed by atoms with Crippen LogP contribution in [-0.4, -0.2) is 28.8 Å². The molecule has 1 aliphatic heterocycles. The molecule has 2 rings (SSSR count). The first-order valence-electron chi connectivity index (χ1n) is 5.54. The highest BCUT2D eigenvalue weighted by molar-refractivity contribution is 5.94. The first-order valence-corrected chi connectivity index (χ1v) is 5.54. The van der Waals surface area contributed by atoms with Crippen LogP contribution in [0, 0.1) is 12.3 Å². The Labute approximate surface area is 95.2 Å². The number of amides is 1. The van der Waals surface area contributed by atoms with Crippen LogP contribution in [0.25, 0.3) is 0 Å². The van der Waals surface area contributed by atoms with E-state index < -0.39 is 0 Å². The summed E-state index contributed by atoms with van der Waals surface area (Å²) in [7, 11) is 1.83. The fraction of sp³-hybridized carbons (Fsp3) is 0.636. The highest BCUT2D eigenvalue weighted by atomic mass is 16.2. The molecule has 1 aliphatic rings. The van der Waals surface area contributed by atoms with Crippen molar-refractivity contribution in [2.75, 3.05) is 18.4 Å². The summed E-state index contributed by atoms with van der Waals surface area (Å²) in [5.74, 6) is 0.830. The largest absolute Gasteiger partial charge is 0.316 e. The Kier molecular flexibility index (Phi) is 2.71. The smallest absolute Gasteiger partial charge is 0.232 e. The average molecular weight is 222 g/mol. The molecule has 0 bridgehead atoms. The lowest BCUT2D eigenvalue weighted by atomic mass is 9.89. The van der Waals surface area contributed by atoms with Crippen LogP contribution in [0.15, 0.2) is 6.07 Å². The zero-order chi connectivity index (χ0) is 11.8. The second-order valence-electron chi connectivity index (χ2n) is 4.74. The Hall–Kier alpha value is -1.36. The number of anilines is 1. The quantitative estimate of drug-likeness (QED) is 0.773. The molecule has 0 spiro atoms. The van der Waals surface area contributed by atoms with Crippen molar-refractivity contribution in [2.45, 2.75) is 20.3 Å². The fourth-order valence-corrected chi connectivity index (χ4v) is 2.01. The molecule has 1 atom stereocenters. The molecule has 2 N–H and O–H groups in total. The van der Waals surface area contributed by atoms with Gasteiger partial charge in [-0.15, -0.1) is 0 Å². The van der Waals surface area contributed by atoms with E-state index in [1.807, 2.05) is 27.0 Å².